The Bertz CT molecular complexity index is 79.9. The monoisotopic (exact) mass is 232 g/mol. The summed E-state index contributed by atoms with van der Waals surface area (Å²) in [6.07, 6.45) is 0. The predicted molar refractivity (Wildman–Crippen MR) is 63.5 cm³/mol. The van der Waals surface area contributed by atoms with Crippen LogP contribution >= 0.6 is 0 Å². The Labute approximate surface area is 105 Å². The molecular formula is C6H20Al4O2. The van der Waals surface area contributed by atoms with Crippen LogP contribution in [0.25, 0.3) is 0 Å². The Kier molecular flexibility index (Phi) is 17.9. The van der Waals surface area contributed by atoms with Crippen LogP contribution in [-0.4, -0.2) is 63.3 Å². The van der Waals surface area contributed by atoms with Crippen LogP contribution in [-0.2, 0) is 5.68 Å². The molecule has 0 aromatic carbocycles. The molecule has 0 atom stereocenters. The zero-order chi connectivity index (χ0) is 9.98. The van der Waals surface area contributed by atoms with Crippen molar-refractivity contribution in [3.8, 4) is 0 Å². The van der Waals surface area contributed by atoms with Crippen LogP contribution in [0.3, 0.4) is 0 Å². The average molecular weight is 232 g/mol. The van der Waals surface area contributed by atoms with Crippen LogP contribution in [0, 0.1) is 5.92 Å². The largest absolute Gasteiger partial charge is 0.645 e. The van der Waals surface area contributed by atoms with Gasteiger partial charge in [-0.1, -0.05) is 36.6 Å². The van der Waals surface area contributed by atoms with Gasteiger partial charge in [0.15, 0.2) is 0 Å². The van der Waals surface area contributed by atoms with E-state index in [1.807, 2.05) is 0 Å². The third-order valence-electron chi connectivity index (χ3n) is 1.49. The molecule has 0 aliphatic heterocycles. The van der Waals surface area contributed by atoms with Crippen LogP contribution in [0.15, 0.2) is 0 Å². The lowest BCUT2D eigenvalue weighted by atomic mass is 10.3. The molecule has 68 valence electrons. The molecule has 0 unspecified atom stereocenters. The molecule has 0 N–H and O–H groups in total. The highest BCUT2D eigenvalue weighted by Gasteiger charge is 2.10. The van der Waals surface area contributed by atoms with Crippen LogP contribution in [0.2, 0.25) is 16.9 Å². The van der Waals surface area contributed by atoms with E-state index in [0.29, 0.717) is 0 Å². The van der Waals surface area contributed by atoms with Gasteiger partial charge in [0.2, 0.25) is 0 Å². The summed E-state index contributed by atoms with van der Waals surface area (Å²) in [5.74, 6) is 5.24. The molecule has 0 aliphatic carbocycles. The number of hydrogen-bond donors (Lipinski definition) is 0. The highest BCUT2D eigenvalue weighted by molar-refractivity contribution is 6.54. The molecule has 12 heavy (non-hydrogen) atoms. The van der Waals surface area contributed by atoms with E-state index in [1.54, 1.807) is 0 Å². The van der Waals surface area contributed by atoms with E-state index in [2.05, 4.69) is 25.4 Å². The van der Waals surface area contributed by atoms with Gasteiger partial charge in [0.1, 0.15) is 0 Å². The molecule has 0 aliphatic rings. The molecule has 0 heterocycles. The minimum Gasteiger partial charge on any atom is -0.645 e. The van der Waals surface area contributed by atoms with Crippen LogP contribution in [0.4, 0.5) is 0 Å². The highest BCUT2D eigenvalue weighted by atomic mass is 27.2. The second-order valence-corrected chi connectivity index (χ2v) is 10.1. The van der Waals surface area contributed by atoms with E-state index in [1.165, 1.54) is 5.28 Å². The summed E-state index contributed by atoms with van der Waals surface area (Å²) in [5, 5.41) is 1.34. The lowest BCUT2D eigenvalue weighted by Gasteiger charge is -2.06. The van der Waals surface area contributed by atoms with Gasteiger partial charge in [-0.25, -0.2) is 0 Å². The van der Waals surface area contributed by atoms with Gasteiger partial charge >= 0.3 is 63.3 Å². The summed E-state index contributed by atoms with van der Waals surface area (Å²) in [6, 6.07) is 0. The lowest BCUT2D eigenvalue weighted by Crippen LogP contribution is -2.13. The second kappa shape index (κ2) is 13.0. The number of hydrogen-bond acceptors (Lipinski definition) is 2. The quantitative estimate of drug-likeness (QED) is 0.624. The maximum Gasteiger partial charge on any atom is 0.426 e. The Morgan fingerprint density at radius 1 is 1.42 bits per heavy atom. The molecule has 2 nitrogen and oxygen atoms in total. The highest BCUT2D eigenvalue weighted by Crippen LogP contribution is 2.04. The van der Waals surface area contributed by atoms with Gasteiger partial charge in [-0.3, -0.25) is 0 Å². The minimum absolute atomic E-state index is 0.0139. The molecule has 0 saturated heterocycles. The smallest absolute Gasteiger partial charge is 0.426 e. The van der Waals surface area contributed by atoms with E-state index >= 15 is 0 Å². The molecule has 0 spiro atoms. The van der Waals surface area contributed by atoms with Crippen molar-refractivity contribution in [2.45, 2.75) is 30.7 Å². The average Bonchev–Trinajstić information content (AvgIpc) is 2.04. The van der Waals surface area contributed by atoms with Crippen molar-refractivity contribution >= 4 is 63.3 Å². The first-order valence-corrected chi connectivity index (χ1v) is 10.7. The third kappa shape index (κ3) is 18.0. The first-order valence-electron chi connectivity index (χ1n) is 4.60. The summed E-state index contributed by atoms with van der Waals surface area (Å²) in [4.78, 5) is 0. The van der Waals surface area contributed by atoms with Gasteiger partial charge in [-0.15, -0.1) is 0 Å². The Morgan fingerprint density at radius 2 is 1.83 bits per heavy atom. The van der Waals surface area contributed by atoms with Crippen molar-refractivity contribution in [1.29, 1.82) is 0 Å². The van der Waals surface area contributed by atoms with Crippen molar-refractivity contribution in [3.63, 3.8) is 0 Å². The molecular weight excluding hydrogens is 212 g/mol. The fraction of sp³-hybridized carbons (Fsp3) is 1.00. The van der Waals surface area contributed by atoms with Gasteiger partial charge in [0.25, 0.3) is 0 Å². The van der Waals surface area contributed by atoms with Crippen LogP contribution in [0.1, 0.15) is 13.8 Å². The summed E-state index contributed by atoms with van der Waals surface area (Å²) >= 11 is 1.20. The van der Waals surface area contributed by atoms with Crippen molar-refractivity contribution in [1.82, 2.24) is 0 Å². The maximum absolute atomic E-state index is 5.34. The van der Waals surface area contributed by atoms with Gasteiger partial charge in [0, 0.05) is 0 Å². The van der Waals surface area contributed by atoms with E-state index in [-0.39, 0.29) is 15.6 Å². The second-order valence-electron chi connectivity index (χ2n) is 3.25. The number of rotatable bonds is 4. The van der Waals surface area contributed by atoms with Crippen molar-refractivity contribution < 1.29 is 5.68 Å². The predicted octanol–water partition coefficient (Wildman–Crippen LogP) is -0.221. The summed E-state index contributed by atoms with van der Waals surface area (Å²) in [5.41, 5.74) is 0. The standard InChI is InChI=1S/C4H9.2CH3.4Al.2O.5H/c1-4(2)3;;;;;;;;;;;;;/h4H,1H2,2-3H3;2*1H3;;;;;;;;;;;. The molecule has 0 fully saturated rings. The molecule has 0 bridgehead atoms. The molecule has 0 rings (SSSR count). The zero-order valence-electron chi connectivity index (χ0n) is 9.39. The molecule has 0 amide bonds. The van der Waals surface area contributed by atoms with Gasteiger partial charge in [-0.05, 0) is 0 Å². The first kappa shape index (κ1) is 16.5. The van der Waals surface area contributed by atoms with E-state index in [9.17, 15) is 0 Å². The van der Waals surface area contributed by atoms with Crippen LogP contribution in [0.5, 0.6) is 0 Å². The Balaban J connectivity index is 0. The van der Waals surface area contributed by atoms with E-state index < -0.39 is 14.5 Å². The van der Waals surface area contributed by atoms with Crippen molar-refractivity contribution in [2.24, 2.45) is 5.92 Å². The summed E-state index contributed by atoms with van der Waals surface area (Å²) < 4.78 is 10.2. The topological polar surface area (TPSA) is 18.5 Å². The normalized spacial score (nSPS) is 8.75. The maximum atomic E-state index is 5.34. The molecule has 6 heteroatoms. The third-order valence-corrected chi connectivity index (χ3v) is 8.63. The van der Waals surface area contributed by atoms with Gasteiger partial charge in [0.05, 0.1) is 0 Å². The molecule has 0 aromatic rings. The van der Waals surface area contributed by atoms with Gasteiger partial charge < -0.3 is 5.68 Å². The fourth-order valence-corrected chi connectivity index (χ4v) is 2.86. The fourth-order valence-electron chi connectivity index (χ4n) is 0.760. The lowest BCUT2D eigenvalue weighted by molar-refractivity contribution is 0.602. The van der Waals surface area contributed by atoms with E-state index in [0.717, 1.165) is 39.2 Å². The van der Waals surface area contributed by atoms with Crippen molar-refractivity contribution in [2.75, 3.05) is 0 Å². The van der Waals surface area contributed by atoms with Crippen molar-refractivity contribution in [3.05, 3.63) is 0 Å². The summed E-state index contributed by atoms with van der Waals surface area (Å²) in [7, 11) is 0. The molecule has 0 radical (unpaired) electrons. The zero-order valence-corrected chi connectivity index (χ0v) is 16.0. The van der Waals surface area contributed by atoms with Crippen LogP contribution < -0.4 is 0 Å². The Hall–Kier alpha value is 2.05. The van der Waals surface area contributed by atoms with E-state index in [4.69, 9.17) is 5.68 Å². The first-order chi connectivity index (χ1) is 5.58. The molecule has 0 aromatic heterocycles. The SMILES string of the molecule is CC(C)[CH2][Al]([CH3])[O][AlH2].[CH3][AlH][O][AlH2]. The minimum atomic E-state index is -0.677. The van der Waals surface area contributed by atoms with Gasteiger partial charge in [-0.2, -0.15) is 0 Å². The summed E-state index contributed by atoms with van der Waals surface area (Å²) in [6.45, 7) is 4.51. The Morgan fingerprint density at radius 3 is 1.92 bits per heavy atom. The molecule has 0 saturated carbocycles.